The van der Waals surface area contributed by atoms with Crippen molar-refractivity contribution in [2.24, 2.45) is 0 Å². The first kappa shape index (κ1) is 18.5. The Bertz CT molecular complexity index is 568. The molecule has 0 heterocycles. The van der Waals surface area contributed by atoms with Crippen molar-refractivity contribution in [3.05, 3.63) is 42.0 Å². The molecule has 0 bridgehead atoms. The van der Waals surface area contributed by atoms with Gasteiger partial charge in [-0.05, 0) is 37.6 Å². The second-order valence-corrected chi connectivity index (χ2v) is 7.49. The minimum atomic E-state index is -3.05. The van der Waals surface area contributed by atoms with Crippen molar-refractivity contribution in [3.8, 4) is 5.75 Å². The fourth-order valence-corrected chi connectivity index (χ4v) is 4.40. The SMILES string of the molecule is C/C=C/C(=O)N(C)C(c1ccc(OC)cc1)P(C)(=O)OCC. The van der Waals surface area contributed by atoms with E-state index in [1.807, 2.05) is 0 Å². The maximum absolute atomic E-state index is 12.9. The number of nitrogens with zero attached hydrogens (tertiary/aromatic N) is 1. The van der Waals surface area contributed by atoms with Crippen molar-refractivity contribution in [1.29, 1.82) is 0 Å². The Balaban J connectivity index is 3.26. The van der Waals surface area contributed by atoms with Crippen molar-refractivity contribution >= 4 is 13.3 Å². The molecule has 0 saturated heterocycles. The third kappa shape index (κ3) is 4.46. The van der Waals surface area contributed by atoms with Crippen LogP contribution in [0.4, 0.5) is 0 Å². The topological polar surface area (TPSA) is 55.8 Å². The van der Waals surface area contributed by atoms with Gasteiger partial charge in [-0.15, -0.1) is 0 Å². The van der Waals surface area contributed by atoms with Gasteiger partial charge in [-0.3, -0.25) is 9.36 Å². The molecule has 0 aromatic heterocycles. The van der Waals surface area contributed by atoms with Gasteiger partial charge in [-0.1, -0.05) is 18.2 Å². The van der Waals surface area contributed by atoms with Crippen molar-refractivity contribution in [2.75, 3.05) is 27.4 Å². The van der Waals surface area contributed by atoms with Crippen molar-refractivity contribution in [2.45, 2.75) is 19.6 Å². The van der Waals surface area contributed by atoms with Crippen molar-refractivity contribution < 1.29 is 18.6 Å². The smallest absolute Gasteiger partial charge is 0.246 e. The van der Waals surface area contributed by atoms with E-state index in [9.17, 15) is 9.36 Å². The van der Waals surface area contributed by atoms with Gasteiger partial charge in [0.15, 0.2) is 0 Å². The van der Waals surface area contributed by atoms with Gasteiger partial charge in [0, 0.05) is 13.7 Å². The Morgan fingerprint density at radius 2 is 1.95 bits per heavy atom. The van der Waals surface area contributed by atoms with Gasteiger partial charge in [-0.2, -0.15) is 0 Å². The molecule has 2 atom stereocenters. The summed E-state index contributed by atoms with van der Waals surface area (Å²) in [6.07, 6.45) is 3.10. The van der Waals surface area contributed by atoms with Crippen LogP contribution in [0.1, 0.15) is 25.2 Å². The first-order valence-electron chi connectivity index (χ1n) is 7.12. The van der Waals surface area contributed by atoms with Gasteiger partial charge in [0.05, 0.1) is 13.7 Å². The molecule has 122 valence electrons. The minimum absolute atomic E-state index is 0.218. The molecule has 0 aliphatic rings. The highest BCUT2D eigenvalue weighted by Gasteiger charge is 2.35. The highest BCUT2D eigenvalue weighted by molar-refractivity contribution is 7.58. The van der Waals surface area contributed by atoms with E-state index in [2.05, 4.69) is 0 Å². The molecule has 1 rings (SSSR count). The fraction of sp³-hybridized carbons (Fsp3) is 0.438. The Morgan fingerprint density at radius 1 is 1.36 bits per heavy atom. The summed E-state index contributed by atoms with van der Waals surface area (Å²) in [4.78, 5) is 13.6. The molecule has 0 saturated carbocycles. The summed E-state index contributed by atoms with van der Waals surface area (Å²) in [7, 11) is 0.162. The van der Waals surface area contributed by atoms with Crippen LogP contribution < -0.4 is 4.74 Å². The zero-order valence-corrected chi connectivity index (χ0v) is 14.7. The van der Waals surface area contributed by atoms with E-state index in [0.717, 1.165) is 5.56 Å². The molecule has 0 aliphatic heterocycles. The van der Waals surface area contributed by atoms with Crippen LogP contribution in [0.5, 0.6) is 5.75 Å². The Labute approximate surface area is 132 Å². The number of rotatable bonds is 7. The predicted molar refractivity (Wildman–Crippen MR) is 88.5 cm³/mol. The highest BCUT2D eigenvalue weighted by Crippen LogP contribution is 2.58. The molecular formula is C16H24NO4P. The maximum Gasteiger partial charge on any atom is 0.246 e. The molecular weight excluding hydrogens is 301 g/mol. The third-order valence-electron chi connectivity index (χ3n) is 3.27. The Kier molecular flexibility index (Phi) is 6.85. The molecule has 0 radical (unpaired) electrons. The minimum Gasteiger partial charge on any atom is -0.497 e. The lowest BCUT2D eigenvalue weighted by Gasteiger charge is -2.32. The lowest BCUT2D eigenvalue weighted by molar-refractivity contribution is -0.125. The van der Waals surface area contributed by atoms with Crippen LogP contribution in [0.3, 0.4) is 0 Å². The first-order valence-corrected chi connectivity index (χ1v) is 9.26. The van der Waals surface area contributed by atoms with E-state index in [1.165, 1.54) is 11.0 Å². The number of hydrogen-bond acceptors (Lipinski definition) is 4. The summed E-state index contributed by atoms with van der Waals surface area (Å²) < 4.78 is 23.5. The van der Waals surface area contributed by atoms with Crippen LogP contribution in [-0.4, -0.2) is 38.2 Å². The molecule has 22 heavy (non-hydrogen) atoms. The second-order valence-electron chi connectivity index (χ2n) is 4.92. The molecule has 2 unspecified atom stereocenters. The number of ether oxygens (including phenoxy) is 1. The number of hydrogen-bond donors (Lipinski definition) is 0. The number of methoxy groups -OCH3 is 1. The highest BCUT2D eigenvalue weighted by atomic mass is 31.2. The summed E-state index contributed by atoms with van der Waals surface area (Å²) in [5.74, 6) is -0.153. The molecule has 0 aliphatic carbocycles. The largest absolute Gasteiger partial charge is 0.497 e. The van der Waals surface area contributed by atoms with Crippen LogP contribution in [0.2, 0.25) is 0 Å². The number of carbonyl (C=O) groups excluding carboxylic acids is 1. The van der Waals surface area contributed by atoms with Crippen LogP contribution >= 0.6 is 7.37 Å². The third-order valence-corrected chi connectivity index (χ3v) is 5.57. The summed E-state index contributed by atoms with van der Waals surface area (Å²) >= 11 is 0. The zero-order chi connectivity index (χ0) is 16.8. The molecule has 1 amide bonds. The number of carbonyl (C=O) groups is 1. The monoisotopic (exact) mass is 325 g/mol. The molecule has 0 fully saturated rings. The van der Waals surface area contributed by atoms with Gasteiger partial charge >= 0.3 is 0 Å². The fourth-order valence-electron chi connectivity index (χ4n) is 2.29. The van der Waals surface area contributed by atoms with Gasteiger partial charge in [0.25, 0.3) is 0 Å². The van der Waals surface area contributed by atoms with E-state index in [4.69, 9.17) is 9.26 Å². The standard InChI is InChI=1S/C16H24NO4P/c1-6-8-15(18)17(3)16(22(5,19)21-7-2)13-9-11-14(20-4)12-10-13/h6,8-12,16H,7H2,1-5H3/b8-6+. The van der Waals surface area contributed by atoms with E-state index in [-0.39, 0.29) is 5.91 Å². The number of allylic oxidation sites excluding steroid dienone is 1. The van der Waals surface area contributed by atoms with Crippen molar-refractivity contribution in [3.63, 3.8) is 0 Å². The van der Waals surface area contributed by atoms with E-state index < -0.39 is 13.2 Å². The van der Waals surface area contributed by atoms with Crippen molar-refractivity contribution in [1.82, 2.24) is 4.90 Å². The van der Waals surface area contributed by atoms with Gasteiger partial charge in [0.2, 0.25) is 13.3 Å². The summed E-state index contributed by atoms with van der Waals surface area (Å²) in [6.45, 7) is 5.44. The zero-order valence-electron chi connectivity index (χ0n) is 13.8. The lowest BCUT2D eigenvalue weighted by atomic mass is 10.2. The number of benzene rings is 1. The predicted octanol–water partition coefficient (Wildman–Crippen LogP) is 3.67. The first-order chi connectivity index (χ1) is 10.4. The Hall–Kier alpha value is -1.58. The van der Waals surface area contributed by atoms with Crippen LogP contribution in [0.15, 0.2) is 36.4 Å². The van der Waals surface area contributed by atoms with E-state index >= 15 is 0 Å². The van der Waals surface area contributed by atoms with Gasteiger partial charge in [-0.25, -0.2) is 0 Å². The maximum atomic E-state index is 12.9. The van der Waals surface area contributed by atoms with Gasteiger partial charge < -0.3 is 14.2 Å². The van der Waals surface area contributed by atoms with Crippen LogP contribution in [0, 0.1) is 0 Å². The molecule has 0 N–H and O–H groups in total. The Morgan fingerprint density at radius 3 is 2.41 bits per heavy atom. The molecule has 0 spiro atoms. The average molecular weight is 325 g/mol. The van der Waals surface area contributed by atoms with Crippen LogP contribution in [0.25, 0.3) is 0 Å². The lowest BCUT2D eigenvalue weighted by Crippen LogP contribution is -2.30. The summed E-state index contributed by atoms with van der Waals surface area (Å²) in [5.41, 5.74) is 0.750. The number of likely N-dealkylation sites (N-methyl/N-ethyl adjacent to an activating group) is 1. The van der Waals surface area contributed by atoms with Crippen LogP contribution in [-0.2, 0) is 13.9 Å². The van der Waals surface area contributed by atoms with E-state index in [0.29, 0.717) is 12.4 Å². The molecule has 6 heteroatoms. The van der Waals surface area contributed by atoms with Gasteiger partial charge in [0.1, 0.15) is 11.5 Å². The molecule has 1 aromatic rings. The average Bonchev–Trinajstić information content (AvgIpc) is 2.48. The quantitative estimate of drug-likeness (QED) is 0.567. The molecule has 5 nitrogen and oxygen atoms in total. The summed E-state index contributed by atoms with van der Waals surface area (Å²) in [6, 6.07) is 7.17. The normalized spacial score (nSPS) is 15.3. The second kappa shape index (κ2) is 8.16. The van der Waals surface area contributed by atoms with E-state index in [1.54, 1.807) is 65.0 Å². The number of amides is 1. The summed E-state index contributed by atoms with van der Waals surface area (Å²) in [5, 5.41) is 0. The molecule has 1 aromatic carbocycles.